The monoisotopic (exact) mass is 318 g/mol. The van der Waals surface area contributed by atoms with Gasteiger partial charge in [-0.3, -0.25) is 0 Å². The van der Waals surface area contributed by atoms with Crippen LogP contribution in [0.2, 0.25) is 0 Å². The molecule has 1 N–H and O–H groups in total. The standard InChI is InChI=1S/C20H18N2O2/c21-14-18(16-5-7-17(8-6-16)20(23)24)13-15-3-9-19(10-4-15)22-11-1-2-12-22/h3-10,13H,1-2,11-12H2,(H,23,24)/b18-13-. The SMILES string of the molecule is N#C/C(=C/c1ccc(N2CCCC2)cc1)c1ccc(C(=O)O)cc1. The Kier molecular flexibility index (Phi) is 4.62. The number of hydrogen-bond acceptors (Lipinski definition) is 3. The highest BCUT2D eigenvalue weighted by molar-refractivity contribution is 5.92. The molecular weight excluding hydrogens is 300 g/mol. The molecule has 0 aliphatic carbocycles. The van der Waals surface area contributed by atoms with E-state index in [9.17, 15) is 10.1 Å². The van der Waals surface area contributed by atoms with Gasteiger partial charge < -0.3 is 10.0 Å². The molecule has 1 saturated heterocycles. The lowest BCUT2D eigenvalue weighted by Gasteiger charge is -2.17. The molecule has 0 amide bonds. The summed E-state index contributed by atoms with van der Waals surface area (Å²) >= 11 is 0. The second-order valence-corrected chi connectivity index (χ2v) is 5.84. The predicted octanol–water partition coefficient (Wildman–Crippen LogP) is 4.05. The van der Waals surface area contributed by atoms with E-state index < -0.39 is 5.97 Å². The van der Waals surface area contributed by atoms with Crippen LogP contribution in [0.3, 0.4) is 0 Å². The molecule has 3 rings (SSSR count). The number of carbonyl (C=O) groups is 1. The summed E-state index contributed by atoms with van der Waals surface area (Å²) in [5.74, 6) is -0.971. The van der Waals surface area contributed by atoms with Crippen LogP contribution in [0.25, 0.3) is 11.6 Å². The Labute approximate surface area is 141 Å². The second-order valence-electron chi connectivity index (χ2n) is 5.84. The number of carboxylic acids is 1. The highest BCUT2D eigenvalue weighted by Gasteiger charge is 2.11. The van der Waals surface area contributed by atoms with E-state index in [1.165, 1.54) is 30.7 Å². The van der Waals surface area contributed by atoms with E-state index in [1.807, 2.05) is 18.2 Å². The first-order valence-corrected chi connectivity index (χ1v) is 7.98. The smallest absolute Gasteiger partial charge is 0.335 e. The molecule has 0 aromatic heterocycles. The molecule has 120 valence electrons. The molecule has 4 nitrogen and oxygen atoms in total. The highest BCUT2D eigenvalue weighted by Crippen LogP contribution is 2.23. The molecule has 1 heterocycles. The maximum atomic E-state index is 10.9. The zero-order valence-electron chi connectivity index (χ0n) is 13.3. The number of carboxylic acid groups (broad SMARTS) is 1. The van der Waals surface area contributed by atoms with Crippen LogP contribution in [0.4, 0.5) is 5.69 Å². The average molecular weight is 318 g/mol. The van der Waals surface area contributed by atoms with E-state index in [0.29, 0.717) is 11.1 Å². The van der Waals surface area contributed by atoms with E-state index >= 15 is 0 Å². The molecule has 0 unspecified atom stereocenters. The van der Waals surface area contributed by atoms with Crippen molar-refractivity contribution < 1.29 is 9.90 Å². The van der Waals surface area contributed by atoms with Gasteiger partial charge in [-0.1, -0.05) is 24.3 Å². The van der Waals surface area contributed by atoms with E-state index in [-0.39, 0.29) is 5.56 Å². The number of nitrogens with zero attached hydrogens (tertiary/aromatic N) is 2. The van der Waals surface area contributed by atoms with Crippen LogP contribution in [0.1, 0.15) is 34.3 Å². The molecule has 0 atom stereocenters. The lowest BCUT2D eigenvalue weighted by atomic mass is 10.0. The van der Waals surface area contributed by atoms with Crippen molar-refractivity contribution in [3.63, 3.8) is 0 Å². The normalized spacial score (nSPS) is 14.5. The zero-order valence-corrected chi connectivity index (χ0v) is 13.3. The largest absolute Gasteiger partial charge is 0.478 e. The van der Waals surface area contributed by atoms with Crippen molar-refractivity contribution in [2.75, 3.05) is 18.0 Å². The average Bonchev–Trinajstić information content (AvgIpc) is 3.15. The van der Waals surface area contributed by atoms with Gasteiger partial charge in [-0.05, 0) is 54.3 Å². The Morgan fingerprint density at radius 1 is 1.00 bits per heavy atom. The Balaban J connectivity index is 1.82. The summed E-state index contributed by atoms with van der Waals surface area (Å²) in [5, 5.41) is 18.3. The third-order valence-electron chi connectivity index (χ3n) is 4.24. The van der Waals surface area contributed by atoms with Crippen molar-refractivity contribution in [3.05, 3.63) is 65.2 Å². The van der Waals surface area contributed by atoms with Crippen molar-refractivity contribution in [1.82, 2.24) is 0 Å². The summed E-state index contributed by atoms with van der Waals surface area (Å²) in [4.78, 5) is 13.3. The van der Waals surface area contributed by atoms with Crippen molar-refractivity contribution in [1.29, 1.82) is 5.26 Å². The summed E-state index contributed by atoms with van der Waals surface area (Å²) in [6.07, 6.45) is 4.31. The Bertz CT molecular complexity index is 793. The number of aromatic carboxylic acids is 1. The van der Waals surface area contributed by atoms with Crippen LogP contribution >= 0.6 is 0 Å². The number of nitriles is 1. The van der Waals surface area contributed by atoms with E-state index in [0.717, 1.165) is 18.7 Å². The number of hydrogen-bond donors (Lipinski definition) is 1. The fourth-order valence-electron chi connectivity index (χ4n) is 2.90. The minimum atomic E-state index is -0.971. The van der Waals surface area contributed by atoms with Crippen LogP contribution in [-0.2, 0) is 0 Å². The van der Waals surface area contributed by atoms with Crippen LogP contribution in [0, 0.1) is 11.3 Å². The first-order chi connectivity index (χ1) is 11.7. The molecule has 0 bridgehead atoms. The van der Waals surface area contributed by atoms with Gasteiger partial charge in [0, 0.05) is 18.8 Å². The predicted molar refractivity (Wildman–Crippen MR) is 94.8 cm³/mol. The van der Waals surface area contributed by atoms with Crippen LogP contribution < -0.4 is 4.90 Å². The fourth-order valence-corrected chi connectivity index (χ4v) is 2.90. The molecule has 1 aliphatic heterocycles. The molecule has 1 aliphatic rings. The van der Waals surface area contributed by atoms with Crippen molar-refractivity contribution in [2.24, 2.45) is 0 Å². The van der Waals surface area contributed by atoms with Crippen LogP contribution in [-0.4, -0.2) is 24.2 Å². The lowest BCUT2D eigenvalue weighted by molar-refractivity contribution is 0.0697. The van der Waals surface area contributed by atoms with Crippen molar-refractivity contribution in [3.8, 4) is 6.07 Å². The van der Waals surface area contributed by atoms with Crippen molar-refractivity contribution in [2.45, 2.75) is 12.8 Å². The molecule has 2 aromatic rings. The van der Waals surface area contributed by atoms with E-state index in [1.54, 1.807) is 12.1 Å². The Morgan fingerprint density at radius 2 is 1.58 bits per heavy atom. The number of anilines is 1. The van der Waals surface area contributed by atoms with Gasteiger partial charge in [0.1, 0.15) is 0 Å². The molecule has 2 aromatic carbocycles. The molecule has 24 heavy (non-hydrogen) atoms. The van der Waals surface area contributed by atoms with Crippen molar-refractivity contribution >= 4 is 23.3 Å². The lowest BCUT2D eigenvalue weighted by Crippen LogP contribution is -2.17. The number of rotatable bonds is 4. The van der Waals surface area contributed by atoms with Gasteiger partial charge in [0.2, 0.25) is 0 Å². The summed E-state index contributed by atoms with van der Waals surface area (Å²) in [6.45, 7) is 2.21. The maximum Gasteiger partial charge on any atom is 0.335 e. The highest BCUT2D eigenvalue weighted by atomic mass is 16.4. The minimum absolute atomic E-state index is 0.214. The van der Waals surface area contributed by atoms with Crippen LogP contribution in [0.15, 0.2) is 48.5 Å². The number of allylic oxidation sites excluding steroid dienone is 1. The molecule has 0 saturated carbocycles. The van der Waals surface area contributed by atoms with Gasteiger partial charge in [0.05, 0.1) is 17.2 Å². The second kappa shape index (κ2) is 7.01. The summed E-state index contributed by atoms with van der Waals surface area (Å²) in [7, 11) is 0. The van der Waals surface area contributed by atoms with Gasteiger partial charge in [-0.25, -0.2) is 4.79 Å². The Hall–Kier alpha value is -3.06. The maximum absolute atomic E-state index is 10.9. The molecule has 0 spiro atoms. The third kappa shape index (κ3) is 3.47. The topological polar surface area (TPSA) is 64.3 Å². The first-order valence-electron chi connectivity index (χ1n) is 7.98. The van der Waals surface area contributed by atoms with Gasteiger partial charge in [0.25, 0.3) is 0 Å². The third-order valence-corrected chi connectivity index (χ3v) is 4.24. The minimum Gasteiger partial charge on any atom is -0.478 e. The quantitative estimate of drug-likeness (QED) is 0.682. The Morgan fingerprint density at radius 3 is 2.12 bits per heavy atom. The van der Waals surface area contributed by atoms with Crippen LogP contribution in [0.5, 0.6) is 0 Å². The first kappa shape index (κ1) is 15.8. The summed E-state index contributed by atoms with van der Waals surface area (Å²) in [6, 6.07) is 16.7. The van der Waals surface area contributed by atoms with Gasteiger partial charge in [-0.15, -0.1) is 0 Å². The summed E-state index contributed by atoms with van der Waals surface area (Å²) < 4.78 is 0. The number of benzene rings is 2. The zero-order chi connectivity index (χ0) is 16.9. The molecule has 1 fully saturated rings. The summed E-state index contributed by atoms with van der Waals surface area (Å²) in [5.41, 5.74) is 3.61. The van der Waals surface area contributed by atoms with E-state index in [4.69, 9.17) is 5.11 Å². The van der Waals surface area contributed by atoms with E-state index in [2.05, 4.69) is 23.1 Å². The van der Waals surface area contributed by atoms with Gasteiger partial charge in [-0.2, -0.15) is 5.26 Å². The van der Waals surface area contributed by atoms with Gasteiger partial charge >= 0.3 is 5.97 Å². The molecular formula is C20H18N2O2. The van der Waals surface area contributed by atoms with Gasteiger partial charge in [0.15, 0.2) is 0 Å². The molecule has 4 heteroatoms. The molecule has 0 radical (unpaired) electrons. The fraction of sp³-hybridized carbons (Fsp3) is 0.200.